The number of benzene rings is 1. The van der Waals surface area contributed by atoms with Crippen molar-refractivity contribution in [3.63, 3.8) is 0 Å². The average molecular weight is 365 g/mol. The molecule has 0 fully saturated rings. The lowest BCUT2D eigenvalue weighted by Gasteiger charge is -2.14. The lowest BCUT2D eigenvalue weighted by Crippen LogP contribution is -2.39. The minimum atomic E-state index is -0.642. The standard InChI is InChI=1S/C14H13BrN4O3/c1-18-12(9(7-16)13(20)19(2)14(18)21)17-8-4-5-10(15)11(6-8)22-3/h4-6,17H,1-3H3. The number of ether oxygens (including phenoxy) is 1. The van der Waals surface area contributed by atoms with Crippen LogP contribution in [0.2, 0.25) is 0 Å². The Kier molecular flexibility index (Phi) is 4.37. The van der Waals surface area contributed by atoms with Crippen LogP contribution in [0.3, 0.4) is 0 Å². The zero-order chi connectivity index (χ0) is 16.4. The van der Waals surface area contributed by atoms with E-state index in [0.717, 1.165) is 9.04 Å². The van der Waals surface area contributed by atoms with Crippen molar-refractivity contribution in [1.82, 2.24) is 9.13 Å². The first-order valence-corrected chi connectivity index (χ1v) is 7.00. The van der Waals surface area contributed by atoms with Crippen LogP contribution in [0.4, 0.5) is 11.5 Å². The van der Waals surface area contributed by atoms with Gasteiger partial charge in [0.15, 0.2) is 5.56 Å². The van der Waals surface area contributed by atoms with Gasteiger partial charge in [-0.1, -0.05) is 0 Å². The van der Waals surface area contributed by atoms with Crippen molar-refractivity contribution in [2.24, 2.45) is 14.1 Å². The van der Waals surface area contributed by atoms with Gasteiger partial charge in [0.05, 0.1) is 11.6 Å². The quantitative estimate of drug-likeness (QED) is 0.890. The summed E-state index contributed by atoms with van der Waals surface area (Å²) in [5, 5.41) is 12.1. The molecule has 22 heavy (non-hydrogen) atoms. The number of hydrogen-bond acceptors (Lipinski definition) is 5. The maximum atomic E-state index is 12.0. The van der Waals surface area contributed by atoms with Crippen molar-refractivity contribution < 1.29 is 4.74 Å². The molecule has 0 aliphatic heterocycles. The van der Waals surface area contributed by atoms with Crippen LogP contribution >= 0.6 is 15.9 Å². The van der Waals surface area contributed by atoms with Gasteiger partial charge in [-0.15, -0.1) is 0 Å². The second-order valence-electron chi connectivity index (χ2n) is 4.52. The number of aromatic nitrogens is 2. The second kappa shape index (κ2) is 6.07. The first kappa shape index (κ1) is 15.9. The highest BCUT2D eigenvalue weighted by Gasteiger charge is 2.16. The van der Waals surface area contributed by atoms with Gasteiger partial charge in [0, 0.05) is 25.8 Å². The van der Waals surface area contributed by atoms with Gasteiger partial charge in [-0.25, -0.2) is 4.79 Å². The highest BCUT2D eigenvalue weighted by atomic mass is 79.9. The number of rotatable bonds is 3. The molecule has 0 aliphatic carbocycles. The van der Waals surface area contributed by atoms with E-state index in [4.69, 9.17) is 4.74 Å². The molecule has 1 heterocycles. The monoisotopic (exact) mass is 364 g/mol. The maximum absolute atomic E-state index is 12.0. The summed E-state index contributed by atoms with van der Waals surface area (Å²) < 4.78 is 8.06. The summed E-state index contributed by atoms with van der Waals surface area (Å²) in [4.78, 5) is 24.0. The smallest absolute Gasteiger partial charge is 0.332 e. The van der Waals surface area contributed by atoms with Gasteiger partial charge >= 0.3 is 5.69 Å². The zero-order valence-electron chi connectivity index (χ0n) is 12.2. The van der Waals surface area contributed by atoms with E-state index in [2.05, 4.69) is 21.2 Å². The van der Waals surface area contributed by atoms with Crippen molar-refractivity contribution in [2.75, 3.05) is 12.4 Å². The van der Waals surface area contributed by atoms with Crippen LogP contribution < -0.4 is 21.3 Å². The van der Waals surface area contributed by atoms with Crippen LogP contribution in [0.25, 0.3) is 0 Å². The third-order valence-electron chi connectivity index (χ3n) is 3.19. The van der Waals surface area contributed by atoms with E-state index in [0.29, 0.717) is 11.4 Å². The van der Waals surface area contributed by atoms with Crippen LogP contribution in [0.1, 0.15) is 5.56 Å². The molecule has 1 N–H and O–H groups in total. The molecule has 0 unspecified atom stereocenters. The van der Waals surface area contributed by atoms with Crippen molar-refractivity contribution in [3.8, 4) is 11.8 Å². The fourth-order valence-corrected chi connectivity index (χ4v) is 2.37. The molecule has 0 radical (unpaired) electrons. The predicted molar refractivity (Wildman–Crippen MR) is 85.6 cm³/mol. The van der Waals surface area contributed by atoms with Crippen molar-refractivity contribution in [1.29, 1.82) is 5.26 Å². The van der Waals surface area contributed by atoms with E-state index in [1.54, 1.807) is 18.2 Å². The van der Waals surface area contributed by atoms with E-state index in [9.17, 15) is 14.9 Å². The summed E-state index contributed by atoms with van der Waals surface area (Å²) >= 11 is 3.34. The molecule has 8 heteroatoms. The molecule has 2 aromatic rings. The first-order valence-electron chi connectivity index (χ1n) is 6.21. The Hall–Kier alpha value is -2.53. The molecular formula is C14H13BrN4O3. The van der Waals surface area contributed by atoms with Crippen LogP contribution in [0.5, 0.6) is 5.75 Å². The molecular weight excluding hydrogens is 352 g/mol. The van der Waals surface area contributed by atoms with Gasteiger partial charge in [-0.3, -0.25) is 13.9 Å². The lowest BCUT2D eigenvalue weighted by molar-refractivity contribution is 0.412. The number of halogens is 1. The number of nitrogens with one attached hydrogen (secondary N) is 1. The number of nitriles is 1. The molecule has 2 rings (SSSR count). The molecule has 0 bridgehead atoms. The highest BCUT2D eigenvalue weighted by molar-refractivity contribution is 9.10. The third kappa shape index (κ3) is 2.63. The van der Waals surface area contributed by atoms with E-state index in [-0.39, 0.29) is 11.4 Å². The number of nitrogens with zero attached hydrogens (tertiary/aromatic N) is 3. The molecule has 1 aromatic carbocycles. The van der Waals surface area contributed by atoms with E-state index in [1.807, 2.05) is 6.07 Å². The Balaban J connectivity index is 2.62. The Morgan fingerprint density at radius 3 is 2.55 bits per heavy atom. The van der Waals surface area contributed by atoms with Crippen molar-refractivity contribution in [2.45, 2.75) is 0 Å². The van der Waals surface area contributed by atoms with E-state index in [1.165, 1.54) is 25.8 Å². The van der Waals surface area contributed by atoms with Crippen LogP contribution in [0, 0.1) is 11.3 Å². The molecule has 0 aliphatic rings. The fraction of sp³-hybridized carbons (Fsp3) is 0.214. The minimum Gasteiger partial charge on any atom is -0.495 e. The third-order valence-corrected chi connectivity index (χ3v) is 3.85. The lowest BCUT2D eigenvalue weighted by atomic mass is 10.2. The zero-order valence-corrected chi connectivity index (χ0v) is 13.8. The van der Waals surface area contributed by atoms with Crippen molar-refractivity contribution >= 4 is 27.4 Å². The SMILES string of the molecule is COc1cc(Nc2c(C#N)c(=O)n(C)c(=O)n2C)ccc1Br. The van der Waals surface area contributed by atoms with E-state index >= 15 is 0 Å². The van der Waals surface area contributed by atoms with Crippen LogP contribution in [-0.2, 0) is 14.1 Å². The summed E-state index contributed by atoms with van der Waals surface area (Å²) in [5.41, 5.74) is -0.709. The molecule has 0 spiro atoms. The van der Waals surface area contributed by atoms with Gasteiger partial charge in [0.25, 0.3) is 5.56 Å². The van der Waals surface area contributed by atoms with Gasteiger partial charge in [0.2, 0.25) is 0 Å². The van der Waals surface area contributed by atoms with Crippen LogP contribution in [-0.4, -0.2) is 16.2 Å². The summed E-state index contributed by atoms with van der Waals surface area (Å²) in [6.07, 6.45) is 0. The number of hydrogen-bond donors (Lipinski definition) is 1. The largest absolute Gasteiger partial charge is 0.495 e. The summed E-state index contributed by atoms with van der Waals surface area (Å²) in [7, 11) is 4.34. The second-order valence-corrected chi connectivity index (χ2v) is 5.37. The van der Waals surface area contributed by atoms with Crippen molar-refractivity contribution in [3.05, 3.63) is 49.1 Å². The van der Waals surface area contributed by atoms with Crippen LogP contribution in [0.15, 0.2) is 32.3 Å². The van der Waals surface area contributed by atoms with Gasteiger partial charge in [-0.05, 0) is 28.1 Å². The molecule has 0 amide bonds. The Morgan fingerprint density at radius 2 is 1.95 bits per heavy atom. The molecule has 0 saturated heterocycles. The summed E-state index contributed by atoms with van der Waals surface area (Å²) in [6.45, 7) is 0. The molecule has 1 aromatic heterocycles. The Labute approximate surface area is 134 Å². The molecule has 114 valence electrons. The predicted octanol–water partition coefficient (Wildman–Crippen LogP) is 1.47. The average Bonchev–Trinajstić information content (AvgIpc) is 2.52. The Bertz CT molecular complexity index is 893. The Morgan fingerprint density at radius 1 is 1.27 bits per heavy atom. The summed E-state index contributed by atoms with van der Waals surface area (Å²) in [6, 6.07) is 7.01. The fourth-order valence-electron chi connectivity index (χ4n) is 1.97. The molecule has 0 atom stereocenters. The normalized spacial score (nSPS) is 10.1. The summed E-state index contributed by atoms with van der Waals surface area (Å²) in [5.74, 6) is 0.720. The topological polar surface area (TPSA) is 89.1 Å². The molecule has 0 saturated carbocycles. The molecule has 7 nitrogen and oxygen atoms in total. The first-order chi connectivity index (χ1) is 10.4. The maximum Gasteiger partial charge on any atom is 0.332 e. The van der Waals surface area contributed by atoms with Gasteiger partial charge in [-0.2, -0.15) is 5.26 Å². The highest BCUT2D eigenvalue weighted by Crippen LogP contribution is 2.29. The van der Waals surface area contributed by atoms with Gasteiger partial charge in [0.1, 0.15) is 17.6 Å². The van der Waals surface area contributed by atoms with Gasteiger partial charge < -0.3 is 10.1 Å². The van der Waals surface area contributed by atoms with E-state index < -0.39 is 11.2 Å². The number of anilines is 2. The number of methoxy groups -OCH3 is 1. The minimum absolute atomic E-state index is 0.133.